The van der Waals surface area contributed by atoms with Crippen LogP contribution in [0.4, 0.5) is 0 Å². The van der Waals surface area contributed by atoms with Crippen LogP contribution in [0.15, 0.2) is 12.3 Å². The van der Waals surface area contributed by atoms with Crippen LogP contribution in [0.2, 0.25) is 0 Å². The van der Waals surface area contributed by atoms with Crippen molar-refractivity contribution in [3.05, 3.63) is 33.3 Å². The molecule has 0 radical (unpaired) electrons. The van der Waals surface area contributed by atoms with Gasteiger partial charge in [0.1, 0.15) is 0 Å². The number of aromatic nitrogens is 3. The second-order valence-electron chi connectivity index (χ2n) is 8.08. The fraction of sp³-hybridized carbons (Fsp3) is 0.714. The minimum atomic E-state index is -0.0883. The van der Waals surface area contributed by atoms with Gasteiger partial charge in [-0.05, 0) is 37.8 Å². The Morgan fingerprint density at radius 2 is 2.31 bits per heavy atom. The first-order chi connectivity index (χ1) is 14.1. The summed E-state index contributed by atoms with van der Waals surface area (Å²) in [5.41, 5.74) is 2.42. The summed E-state index contributed by atoms with van der Waals surface area (Å²) in [5.74, 6) is 1.73. The molecule has 2 aromatic rings. The lowest BCUT2D eigenvalue weighted by molar-refractivity contribution is -0.112. The van der Waals surface area contributed by atoms with Gasteiger partial charge < -0.3 is 9.84 Å². The summed E-state index contributed by atoms with van der Waals surface area (Å²) in [5, 5.41) is 17.5. The van der Waals surface area contributed by atoms with Gasteiger partial charge in [0.05, 0.1) is 31.1 Å². The Labute approximate surface area is 181 Å². The van der Waals surface area contributed by atoms with Crippen molar-refractivity contribution < 1.29 is 9.84 Å². The average Bonchev–Trinajstić information content (AvgIpc) is 3.35. The lowest BCUT2D eigenvalue weighted by Gasteiger charge is -2.47. The van der Waals surface area contributed by atoms with E-state index < -0.39 is 0 Å². The summed E-state index contributed by atoms with van der Waals surface area (Å²) >= 11 is 3.73. The number of rotatable bonds is 8. The first kappa shape index (κ1) is 21.3. The Hall–Kier alpha value is -0.930. The zero-order chi connectivity index (χ0) is 20.3. The molecule has 2 aliphatic rings. The van der Waals surface area contributed by atoms with E-state index in [1.807, 2.05) is 16.0 Å². The topological polar surface area (TPSA) is 63.4 Å². The number of aryl methyl sites for hydroxylation is 2. The molecule has 0 unspecified atom stereocenters. The highest BCUT2D eigenvalue weighted by Gasteiger charge is 2.44. The third kappa shape index (κ3) is 4.71. The molecule has 0 saturated carbocycles. The van der Waals surface area contributed by atoms with Crippen molar-refractivity contribution in [2.45, 2.75) is 64.3 Å². The van der Waals surface area contributed by atoms with Gasteiger partial charge in [-0.15, -0.1) is 16.4 Å². The lowest BCUT2D eigenvalue weighted by Crippen LogP contribution is -2.50. The summed E-state index contributed by atoms with van der Waals surface area (Å²) < 4.78 is 8.38. The van der Waals surface area contributed by atoms with E-state index in [1.165, 1.54) is 10.4 Å². The number of thioether (sulfide) groups is 1. The van der Waals surface area contributed by atoms with E-state index in [1.54, 1.807) is 16.6 Å². The number of fused-ring (bicyclic) bond motifs is 2. The molecule has 2 aliphatic heterocycles. The zero-order valence-electron chi connectivity index (χ0n) is 17.5. The normalized spacial score (nSPS) is 24.9. The monoisotopic (exact) mass is 436 g/mol. The average molecular weight is 437 g/mol. The maximum absolute atomic E-state index is 8.87. The van der Waals surface area contributed by atoms with Crippen LogP contribution < -0.4 is 0 Å². The smallest absolute Gasteiger partial charge is 0.0969 e. The minimum absolute atomic E-state index is 0.0883. The number of likely N-dealkylation sites (tertiary alicyclic amines) is 1. The van der Waals surface area contributed by atoms with Crippen LogP contribution in [0.5, 0.6) is 0 Å². The second-order valence-corrected chi connectivity index (χ2v) is 10.5. The highest BCUT2D eigenvalue weighted by molar-refractivity contribution is 7.99. The number of thiophene rings is 1. The molecule has 160 valence electrons. The molecule has 1 N–H and O–H groups in total. The van der Waals surface area contributed by atoms with Crippen molar-refractivity contribution in [3.8, 4) is 0 Å². The van der Waals surface area contributed by atoms with Crippen molar-refractivity contribution in [2.75, 3.05) is 31.3 Å². The first-order valence-corrected chi connectivity index (χ1v) is 12.7. The van der Waals surface area contributed by atoms with E-state index in [0.717, 1.165) is 69.1 Å². The van der Waals surface area contributed by atoms with Gasteiger partial charge in [-0.1, -0.05) is 12.1 Å². The van der Waals surface area contributed by atoms with Gasteiger partial charge in [-0.3, -0.25) is 9.58 Å². The lowest BCUT2D eigenvalue weighted by atomic mass is 9.79. The van der Waals surface area contributed by atoms with Gasteiger partial charge in [0.25, 0.3) is 0 Å². The maximum Gasteiger partial charge on any atom is 0.0969 e. The first-order valence-electron chi connectivity index (χ1n) is 10.7. The number of nitrogens with zero attached hydrogens (tertiary/aromatic N) is 4. The molecule has 29 heavy (non-hydrogen) atoms. The van der Waals surface area contributed by atoms with E-state index in [0.29, 0.717) is 6.04 Å². The zero-order valence-corrected chi connectivity index (χ0v) is 19.1. The molecule has 4 rings (SSSR count). The molecule has 1 spiro atoms. The predicted octanol–water partition coefficient (Wildman–Crippen LogP) is 3.08. The molecule has 0 aromatic carbocycles. The van der Waals surface area contributed by atoms with Gasteiger partial charge in [-0.2, -0.15) is 11.8 Å². The SMILES string of the molecule is CCc1cc2c(s1)CCO[C@@]21CCN(Cc2cn(CCSCCO)nn2)[C@@H](C)C1. The number of aliphatic hydroxyl groups excluding tert-OH is 1. The number of hydrogen-bond acceptors (Lipinski definition) is 7. The van der Waals surface area contributed by atoms with Crippen LogP contribution in [-0.4, -0.2) is 62.3 Å². The van der Waals surface area contributed by atoms with Crippen LogP contribution >= 0.6 is 23.1 Å². The van der Waals surface area contributed by atoms with Crippen LogP contribution in [0.3, 0.4) is 0 Å². The van der Waals surface area contributed by atoms with Gasteiger partial charge in [0.2, 0.25) is 0 Å². The molecular weight excluding hydrogens is 404 g/mol. The quantitative estimate of drug-likeness (QED) is 0.642. The van der Waals surface area contributed by atoms with Crippen LogP contribution in [0.25, 0.3) is 0 Å². The molecule has 2 atom stereocenters. The van der Waals surface area contributed by atoms with Gasteiger partial charge in [0.15, 0.2) is 0 Å². The highest BCUT2D eigenvalue weighted by atomic mass is 32.2. The molecule has 2 aromatic heterocycles. The third-order valence-electron chi connectivity index (χ3n) is 6.11. The van der Waals surface area contributed by atoms with E-state index >= 15 is 0 Å². The molecule has 6 nitrogen and oxygen atoms in total. The van der Waals surface area contributed by atoms with Crippen molar-refractivity contribution in [1.29, 1.82) is 0 Å². The fourth-order valence-corrected chi connectivity index (χ4v) is 6.39. The van der Waals surface area contributed by atoms with E-state index in [4.69, 9.17) is 9.84 Å². The van der Waals surface area contributed by atoms with Gasteiger partial charge >= 0.3 is 0 Å². The number of aliphatic hydroxyl groups is 1. The third-order valence-corrected chi connectivity index (χ3v) is 8.39. The predicted molar refractivity (Wildman–Crippen MR) is 119 cm³/mol. The molecule has 0 aliphatic carbocycles. The van der Waals surface area contributed by atoms with Crippen LogP contribution in [0, 0.1) is 0 Å². The molecule has 0 amide bonds. The van der Waals surface area contributed by atoms with Crippen LogP contribution in [0.1, 0.15) is 47.7 Å². The summed E-state index contributed by atoms with van der Waals surface area (Å²) in [6.07, 6.45) is 6.35. The Morgan fingerprint density at radius 3 is 3.10 bits per heavy atom. The van der Waals surface area contributed by atoms with Crippen molar-refractivity contribution in [1.82, 2.24) is 19.9 Å². The molecule has 0 bridgehead atoms. The maximum atomic E-state index is 8.87. The van der Waals surface area contributed by atoms with Crippen LogP contribution in [-0.2, 0) is 36.3 Å². The fourth-order valence-electron chi connectivity index (χ4n) is 4.56. The summed E-state index contributed by atoms with van der Waals surface area (Å²) in [6, 6.07) is 2.87. The Kier molecular flexibility index (Phi) is 6.96. The number of piperidine rings is 1. The van der Waals surface area contributed by atoms with Gasteiger partial charge in [-0.25, -0.2) is 0 Å². The van der Waals surface area contributed by atoms with Crippen molar-refractivity contribution >= 4 is 23.1 Å². The summed E-state index contributed by atoms with van der Waals surface area (Å²) in [4.78, 5) is 5.56. The van der Waals surface area contributed by atoms with Gasteiger partial charge in [0, 0.05) is 53.0 Å². The molecule has 4 heterocycles. The standard InChI is InChI=1S/C21H32N4O2S2/c1-3-18-12-19-20(29-18)4-9-27-21(19)5-6-24(16(2)13-21)14-17-15-25(23-22-17)7-10-28-11-8-26/h12,15-16,26H,3-11,13-14H2,1-2H3/t16-,21+/m0/s1. The Bertz CT molecular complexity index is 808. The molecular formula is C21H32N4O2S2. The summed E-state index contributed by atoms with van der Waals surface area (Å²) in [6.45, 7) is 8.36. The Morgan fingerprint density at radius 1 is 1.41 bits per heavy atom. The molecule has 1 fully saturated rings. The second kappa shape index (κ2) is 9.47. The molecule has 1 saturated heterocycles. The molecule has 8 heteroatoms. The Balaban J connectivity index is 1.37. The van der Waals surface area contributed by atoms with Crippen molar-refractivity contribution in [3.63, 3.8) is 0 Å². The van der Waals surface area contributed by atoms with E-state index in [9.17, 15) is 0 Å². The highest BCUT2D eigenvalue weighted by Crippen LogP contribution is 2.46. The van der Waals surface area contributed by atoms with E-state index in [-0.39, 0.29) is 12.2 Å². The minimum Gasteiger partial charge on any atom is -0.396 e. The number of hydrogen-bond donors (Lipinski definition) is 1. The van der Waals surface area contributed by atoms with E-state index in [2.05, 4.69) is 41.3 Å². The largest absolute Gasteiger partial charge is 0.396 e. The van der Waals surface area contributed by atoms with Crippen molar-refractivity contribution in [2.24, 2.45) is 0 Å². The summed E-state index contributed by atoms with van der Waals surface area (Å²) in [7, 11) is 0. The number of ether oxygens (including phenoxy) is 1.